The van der Waals surface area contributed by atoms with Crippen LogP contribution in [0.4, 0.5) is 0 Å². The molecule has 0 bridgehead atoms. The Morgan fingerprint density at radius 3 is 2.45 bits per heavy atom. The van der Waals surface area contributed by atoms with Crippen molar-refractivity contribution >= 4 is 28.1 Å². The van der Waals surface area contributed by atoms with Crippen molar-refractivity contribution in [3.8, 4) is 0 Å². The van der Waals surface area contributed by atoms with E-state index in [9.17, 15) is 14.4 Å². The van der Waals surface area contributed by atoms with Crippen LogP contribution in [0.2, 0.25) is 0 Å². The predicted octanol–water partition coefficient (Wildman–Crippen LogP) is 2.13. The van der Waals surface area contributed by atoms with Gasteiger partial charge in [0.1, 0.15) is 0 Å². The van der Waals surface area contributed by atoms with Crippen molar-refractivity contribution in [1.29, 1.82) is 0 Å². The van der Waals surface area contributed by atoms with Gasteiger partial charge in [-0.2, -0.15) is 0 Å². The summed E-state index contributed by atoms with van der Waals surface area (Å²) in [5.41, 5.74) is 2.40. The van der Waals surface area contributed by atoms with Gasteiger partial charge < -0.3 is 10.2 Å². The fourth-order valence-electron chi connectivity index (χ4n) is 3.84. The number of thiazole rings is 1. The van der Waals surface area contributed by atoms with Crippen molar-refractivity contribution < 1.29 is 9.59 Å². The minimum absolute atomic E-state index is 0.0206. The van der Waals surface area contributed by atoms with E-state index in [1.807, 2.05) is 17.5 Å². The van der Waals surface area contributed by atoms with Crippen LogP contribution in [0, 0.1) is 0 Å². The molecule has 4 rings (SSSR count). The molecule has 174 valence electrons. The number of fused-ring (bicyclic) bond motifs is 1. The second-order valence-electron chi connectivity index (χ2n) is 9.31. The lowest BCUT2D eigenvalue weighted by atomic mass is 9.87. The lowest BCUT2D eigenvalue weighted by molar-refractivity contribution is -0.131. The van der Waals surface area contributed by atoms with E-state index in [2.05, 4.69) is 36.0 Å². The summed E-state index contributed by atoms with van der Waals surface area (Å²) in [4.78, 5) is 46.4. The smallest absolute Gasteiger partial charge is 0.258 e. The zero-order valence-electron chi connectivity index (χ0n) is 19.2. The van der Waals surface area contributed by atoms with Gasteiger partial charge in [0.2, 0.25) is 5.91 Å². The highest BCUT2D eigenvalue weighted by atomic mass is 32.1. The summed E-state index contributed by atoms with van der Waals surface area (Å²) >= 11 is 1.44. The topological polar surface area (TPSA) is 87.0 Å². The fourth-order valence-corrected chi connectivity index (χ4v) is 4.58. The molecule has 1 aromatic carbocycles. The average Bonchev–Trinajstić information content (AvgIpc) is 3.26. The molecule has 1 aliphatic heterocycles. The van der Waals surface area contributed by atoms with Gasteiger partial charge in [-0.15, -0.1) is 11.3 Å². The van der Waals surface area contributed by atoms with E-state index >= 15 is 0 Å². The number of carbonyl (C=O) groups is 2. The summed E-state index contributed by atoms with van der Waals surface area (Å²) in [7, 11) is 0. The van der Waals surface area contributed by atoms with E-state index < -0.39 is 0 Å². The number of nitrogens with one attached hydrogen (secondary N) is 1. The van der Waals surface area contributed by atoms with Crippen molar-refractivity contribution in [3.05, 3.63) is 69.1 Å². The van der Waals surface area contributed by atoms with Crippen molar-refractivity contribution in [1.82, 2.24) is 24.5 Å². The molecule has 2 aromatic heterocycles. The molecule has 0 atom stereocenters. The number of carbonyl (C=O) groups excluding carboxylic acids is 2. The summed E-state index contributed by atoms with van der Waals surface area (Å²) in [6.45, 7) is 9.47. The van der Waals surface area contributed by atoms with Crippen LogP contribution in [-0.2, 0) is 16.8 Å². The maximum atomic E-state index is 12.6. The number of hydrogen-bond acceptors (Lipinski definition) is 6. The number of aromatic nitrogens is 2. The Bertz CT molecular complexity index is 1200. The Hall–Kier alpha value is -3.04. The molecule has 3 heterocycles. The van der Waals surface area contributed by atoms with Crippen molar-refractivity contribution in [2.24, 2.45) is 0 Å². The molecule has 0 aliphatic carbocycles. The molecule has 0 radical (unpaired) electrons. The van der Waals surface area contributed by atoms with Gasteiger partial charge in [0.15, 0.2) is 4.96 Å². The molecule has 3 aromatic rings. The Kier molecular flexibility index (Phi) is 6.62. The first-order valence-electron chi connectivity index (χ1n) is 11.1. The van der Waals surface area contributed by atoms with Crippen molar-refractivity contribution in [3.63, 3.8) is 0 Å². The molecule has 0 unspecified atom stereocenters. The van der Waals surface area contributed by atoms with E-state index in [1.165, 1.54) is 15.7 Å². The number of benzene rings is 1. The zero-order valence-corrected chi connectivity index (χ0v) is 20.0. The Balaban J connectivity index is 1.25. The normalized spacial score (nSPS) is 15.1. The molecule has 33 heavy (non-hydrogen) atoms. The van der Waals surface area contributed by atoms with Gasteiger partial charge >= 0.3 is 0 Å². The van der Waals surface area contributed by atoms with E-state index in [4.69, 9.17) is 0 Å². The summed E-state index contributed by atoms with van der Waals surface area (Å²) in [5, 5.41) is 4.58. The second kappa shape index (κ2) is 9.44. The monoisotopic (exact) mass is 467 g/mol. The molecule has 0 saturated carbocycles. The van der Waals surface area contributed by atoms with Gasteiger partial charge in [-0.3, -0.25) is 23.7 Å². The number of piperazine rings is 1. The molecule has 1 fully saturated rings. The Morgan fingerprint density at radius 2 is 1.79 bits per heavy atom. The fraction of sp³-hybridized carbons (Fsp3) is 0.417. The minimum atomic E-state index is -0.247. The van der Waals surface area contributed by atoms with Crippen LogP contribution >= 0.6 is 11.3 Å². The molecule has 1 saturated heterocycles. The molecule has 9 heteroatoms. The number of amides is 2. The Morgan fingerprint density at radius 1 is 1.09 bits per heavy atom. The third kappa shape index (κ3) is 5.48. The largest absolute Gasteiger partial charge is 0.343 e. The lowest BCUT2D eigenvalue weighted by Gasteiger charge is -2.34. The highest BCUT2D eigenvalue weighted by Crippen LogP contribution is 2.22. The number of hydrogen-bond donors (Lipinski definition) is 1. The molecule has 1 aliphatic rings. The number of nitrogens with zero attached hydrogens (tertiary/aromatic N) is 4. The van der Waals surface area contributed by atoms with E-state index in [0.29, 0.717) is 43.2 Å². The summed E-state index contributed by atoms with van der Waals surface area (Å²) in [5.74, 6) is -0.338. The quantitative estimate of drug-likeness (QED) is 0.621. The third-order valence-electron chi connectivity index (χ3n) is 5.88. The average molecular weight is 468 g/mol. The summed E-state index contributed by atoms with van der Waals surface area (Å²) in [6.07, 6.45) is 1.73. The first kappa shape index (κ1) is 23.1. The van der Waals surface area contributed by atoms with Gasteiger partial charge in [0.05, 0.1) is 12.2 Å². The summed E-state index contributed by atoms with van der Waals surface area (Å²) in [6, 6.07) is 9.07. The van der Waals surface area contributed by atoms with Gasteiger partial charge in [0.25, 0.3) is 11.5 Å². The molecule has 1 N–H and O–H groups in total. The first-order valence-corrected chi connectivity index (χ1v) is 11.9. The SMILES string of the molecule is CC(C)(C)c1ccc(C(=O)NCC(=O)N2CCN(Cc3cc(=O)n4ccsc4n3)CC2)cc1. The first-order chi connectivity index (χ1) is 15.7. The predicted molar refractivity (Wildman–Crippen MR) is 129 cm³/mol. The van der Waals surface area contributed by atoms with Gasteiger partial charge in [-0.1, -0.05) is 32.9 Å². The minimum Gasteiger partial charge on any atom is -0.343 e. The van der Waals surface area contributed by atoms with E-state index in [-0.39, 0.29) is 29.3 Å². The van der Waals surface area contributed by atoms with Crippen LogP contribution in [0.1, 0.15) is 42.4 Å². The van der Waals surface area contributed by atoms with Gasteiger partial charge in [-0.05, 0) is 23.1 Å². The maximum Gasteiger partial charge on any atom is 0.258 e. The van der Waals surface area contributed by atoms with Crippen LogP contribution < -0.4 is 10.9 Å². The van der Waals surface area contributed by atoms with Crippen LogP contribution in [0.15, 0.2) is 46.7 Å². The highest BCUT2D eigenvalue weighted by molar-refractivity contribution is 7.15. The molecule has 8 nitrogen and oxygen atoms in total. The molecule has 2 amide bonds. The highest BCUT2D eigenvalue weighted by Gasteiger charge is 2.22. The second-order valence-corrected chi connectivity index (χ2v) is 10.2. The number of rotatable bonds is 5. The van der Waals surface area contributed by atoms with Gasteiger partial charge in [-0.25, -0.2) is 4.98 Å². The zero-order chi connectivity index (χ0) is 23.6. The van der Waals surface area contributed by atoms with Crippen LogP contribution in [0.25, 0.3) is 4.96 Å². The molecule has 0 spiro atoms. The molecular formula is C24H29N5O3S. The molecular weight excluding hydrogens is 438 g/mol. The lowest BCUT2D eigenvalue weighted by Crippen LogP contribution is -2.51. The Labute approximate surface area is 196 Å². The van der Waals surface area contributed by atoms with Crippen LogP contribution in [-0.4, -0.2) is 63.7 Å². The summed E-state index contributed by atoms with van der Waals surface area (Å²) < 4.78 is 1.54. The van der Waals surface area contributed by atoms with E-state index in [1.54, 1.807) is 29.3 Å². The maximum absolute atomic E-state index is 12.6. The van der Waals surface area contributed by atoms with Crippen LogP contribution in [0.5, 0.6) is 0 Å². The third-order valence-corrected chi connectivity index (χ3v) is 6.64. The van der Waals surface area contributed by atoms with Crippen molar-refractivity contribution in [2.45, 2.75) is 32.7 Å². The van der Waals surface area contributed by atoms with Crippen LogP contribution in [0.3, 0.4) is 0 Å². The standard InChI is InChI=1S/C24H29N5O3S/c1-24(2,3)18-6-4-17(5-7-18)22(32)25-15-21(31)28-10-8-27(9-11-28)16-19-14-20(30)29-12-13-33-23(29)26-19/h4-7,12-14H,8-11,15-16H2,1-3H3,(H,25,32). The van der Waals surface area contributed by atoms with E-state index in [0.717, 1.165) is 11.3 Å². The van der Waals surface area contributed by atoms with Gasteiger partial charge in [0, 0.05) is 55.9 Å². The van der Waals surface area contributed by atoms with Crippen molar-refractivity contribution in [2.75, 3.05) is 32.7 Å².